The number of fused-ring (bicyclic) bond motifs is 1. The van der Waals surface area contributed by atoms with E-state index in [4.69, 9.17) is 9.47 Å². The number of carbonyl (C=O) groups excluding carboxylic acids is 1. The molecule has 3 nitrogen and oxygen atoms in total. The molecule has 1 atom stereocenters. The van der Waals surface area contributed by atoms with Crippen LogP contribution in [0, 0.1) is 12.8 Å². The molecule has 1 aliphatic rings. The van der Waals surface area contributed by atoms with Gasteiger partial charge in [-0.3, -0.25) is 4.79 Å². The molecule has 0 amide bonds. The summed E-state index contributed by atoms with van der Waals surface area (Å²) in [4.78, 5) is 11.9. The van der Waals surface area contributed by atoms with Crippen molar-refractivity contribution in [3.8, 4) is 5.75 Å². The fraction of sp³-hybridized carbons (Fsp3) is 0.533. The van der Waals surface area contributed by atoms with Crippen molar-refractivity contribution in [2.75, 3.05) is 14.2 Å². The van der Waals surface area contributed by atoms with Gasteiger partial charge in [-0.25, -0.2) is 0 Å². The second kappa shape index (κ2) is 4.30. The second-order valence-corrected chi connectivity index (χ2v) is 5.47. The first-order valence-corrected chi connectivity index (χ1v) is 6.17. The minimum absolute atomic E-state index is 0.108. The Labute approximate surface area is 108 Å². The Kier molecular flexibility index (Phi) is 3.09. The average Bonchev–Trinajstić information content (AvgIpc) is 2.61. The van der Waals surface area contributed by atoms with E-state index in [0.29, 0.717) is 0 Å². The third kappa shape index (κ3) is 1.78. The van der Waals surface area contributed by atoms with E-state index in [1.54, 1.807) is 7.11 Å². The Bertz CT molecular complexity index is 489. The summed E-state index contributed by atoms with van der Waals surface area (Å²) < 4.78 is 10.2. The summed E-state index contributed by atoms with van der Waals surface area (Å²) in [5.41, 5.74) is 3.44. The van der Waals surface area contributed by atoms with Gasteiger partial charge < -0.3 is 9.47 Å². The maximum Gasteiger partial charge on any atom is 0.309 e. The monoisotopic (exact) mass is 248 g/mol. The lowest BCUT2D eigenvalue weighted by atomic mass is 9.78. The molecule has 3 heteroatoms. The van der Waals surface area contributed by atoms with Crippen molar-refractivity contribution in [1.29, 1.82) is 0 Å². The maximum atomic E-state index is 11.9. The zero-order valence-corrected chi connectivity index (χ0v) is 11.7. The molecule has 1 unspecified atom stereocenters. The fourth-order valence-electron chi connectivity index (χ4n) is 2.91. The smallest absolute Gasteiger partial charge is 0.309 e. The Balaban J connectivity index is 2.52. The number of hydrogen-bond acceptors (Lipinski definition) is 3. The average molecular weight is 248 g/mol. The van der Waals surface area contributed by atoms with E-state index in [1.165, 1.54) is 23.8 Å². The predicted octanol–water partition coefficient (Wildman–Crippen LogP) is 2.63. The number of carbonyl (C=O) groups is 1. The molecule has 0 fully saturated rings. The molecular weight excluding hydrogens is 228 g/mol. The van der Waals surface area contributed by atoms with Crippen LogP contribution in [0.4, 0.5) is 0 Å². The molecule has 0 heterocycles. The minimum atomic E-state index is -0.207. The van der Waals surface area contributed by atoms with Crippen molar-refractivity contribution < 1.29 is 14.3 Å². The van der Waals surface area contributed by atoms with E-state index in [-0.39, 0.29) is 17.3 Å². The lowest BCUT2D eigenvalue weighted by Gasteiger charge is -2.26. The second-order valence-electron chi connectivity index (χ2n) is 5.47. The zero-order chi connectivity index (χ0) is 13.5. The van der Waals surface area contributed by atoms with E-state index >= 15 is 0 Å². The van der Waals surface area contributed by atoms with Gasteiger partial charge in [0.25, 0.3) is 0 Å². The van der Waals surface area contributed by atoms with E-state index in [2.05, 4.69) is 20.8 Å². The highest BCUT2D eigenvalue weighted by atomic mass is 16.5. The van der Waals surface area contributed by atoms with Crippen LogP contribution in [-0.2, 0) is 21.4 Å². The SMILES string of the molecule is COC(=O)C1Cc2c(C)cc(OC)cc2C1(C)C. The molecule has 0 aromatic heterocycles. The Morgan fingerprint density at radius 3 is 2.56 bits per heavy atom. The van der Waals surface area contributed by atoms with Gasteiger partial charge in [0.1, 0.15) is 5.75 Å². The van der Waals surface area contributed by atoms with Crippen LogP contribution in [0.5, 0.6) is 5.75 Å². The van der Waals surface area contributed by atoms with Gasteiger partial charge in [-0.05, 0) is 42.2 Å². The summed E-state index contributed by atoms with van der Waals surface area (Å²) in [6, 6.07) is 4.07. The number of rotatable bonds is 2. The van der Waals surface area contributed by atoms with Crippen LogP contribution in [0.15, 0.2) is 12.1 Å². The molecule has 1 aliphatic carbocycles. The molecule has 18 heavy (non-hydrogen) atoms. The van der Waals surface area contributed by atoms with Gasteiger partial charge in [-0.15, -0.1) is 0 Å². The van der Waals surface area contributed by atoms with Gasteiger partial charge in [0.05, 0.1) is 20.1 Å². The molecule has 1 aromatic rings. The lowest BCUT2D eigenvalue weighted by molar-refractivity contribution is -0.147. The number of methoxy groups -OCH3 is 2. The maximum absolute atomic E-state index is 11.9. The Morgan fingerprint density at radius 2 is 2.00 bits per heavy atom. The zero-order valence-electron chi connectivity index (χ0n) is 11.7. The molecule has 1 aromatic carbocycles. The van der Waals surface area contributed by atoms with Crippen molar-refractivity contribution >= 4 is 5.97 Å². The first kappa shape index (κ1) is 12.9. The van der Waals surface area contributed by atoms with Crippen molar-refractivity contribution in [2.45, 2.75) is 32.6 Å². The van der Waals surface area contributed by atoms with Gasteiger partial charge in [0.15, 0.2) is 0 Å². The first-order valence-electron chi connectivity index (χ1n) is 6.17. The predicted molar refractivity (Wildman–Crippen MR) is 70.0 cm³/mol. The number of ether oxygens (including phenoxy) is 2. The third-order valence-corrected chi connectivity index (χ3v) is 4.14. The van der Waals surface area contributed by atoms with Crippen LogP contribution >= 0.6 is 0 Å². The standard InChI is InChI=1S/C15H20O3/c1-9-6-10(17-4)7-12-11(9)8-13(14(16)18-5)15(12,2)3/h6-7,13H,8H2,1-5H3. The quantitative estimate of drug-likeness (QED) is 0.755. The van der Waals surface area contributed by atoms with Gasteiger partial charge in [0, 0.05) is 5.41 Å². The summed E-state index contributed by atoms with van der Waals surface area (Å²) in [7, 11) is 3.12. The number of aryl methyl sites for hydroxylation is 1. The Morgan fingerprint density at radius 1 is 1.33 bits per heavy atom. The summed E-state index contributed by atoms with van der Waals surface area (Å²) in [6.07, 6.45) is 0.755. The molecule has 0 radical (unpaired) electrons. The van der Waals surface area contributed by atoms with Crippen molar-refractivity contribution in [2.24, 2.45) is 5.92 Å². The molecule has 0 N–H and O–H groups in total. The van der Waals surface area contributed by atoms with E-state index in [0.717, 1.165) is 12.2 Å². The topological polar surface area (TPSA) is 35.5 Å². The minimum Gasteiger partial charge on any atom is -0.497 e. The summed E-state index contributed by atoms with van der Waals surface area (Å²) in [5.74, 6) is 0.614. The largest absolute Gasteiger partial charge is 0.497 e. The molecule has 0 bridgehead atoms. The summed E-state index contributed by atoms with van der Waals surface area (Å²) in [5, 5.41) is 0. The van der Waals surface area contributed by atoms with Crippen molar-refractivity contribution in [3.05, 3.63) is 28.8 Å². The number of hydrogen-bond donors (Lipinski definition) is 0. The molecule has 0 saturated heterocycles. The van der Waals surface area contributed by atoms with Crippen LogP contribution in [0.2, 0.25) is 0 Å². The van der Waals surface area contributed by atoms with Crippen LogP contribution in [0.3, 0.4) is 0 Å². The van der Waals surface area contributed by atoms with E-state index in [9.17, 15) is 4.79 Å². The molecule has 0 saturated carbocycles. The van der Waals surface area contributed by atoms with Gasteiger partial charge in [-0.2, -0.15) is 0 Å². The third-order valence-electron chi connectivity index (χ3n) is 4.14. The van der Waals surface area contributed by atoms with Gasteiger partial charge >= 0.3 is 5.97 Å². The fourth-order valence-corrected chi connectivity index (χ4v) is 2.91. The molecular formula is C15H20O3. The van der Waals surface area contributed by atoms with Crippen LogP contribution in [0.1, 0.15) is 30.5 Å². The van der Waals surface area contributed by atoms with Gasteiger partial charge in [-0.1, -0.05) is 13.8 Å². The molecule has 0 aliphatic heterocycles. The van der Waals surface area contributed by atoms with Gasteiger partial charge in [0.2, 0.25) is 0 Å². The van der Waals surface area contributed by atoms with E-state index in [1.807, 2.05) is 12.1 Å². The highest BCUT2D eigenvalue weighted by Crippen LogP contribution is 2.46. The highest BCUT2D eigenvalue weighted by Gasteiger charge is 2.45. The van der Waals surface area contributed by atoms with Crippen LogP contribution in [0.25, 0.3) is 0 Å². The molecule has 0 spiro atoms. The van der Waals surface area contributed by atoms with Crippen LogP contribution < -0.4 is 4.74 Å². The summed E-state index contributed by atoms with van der Waals surface area (Å²) >= 11 is 0. The first-order chi connectivity index (χ1) is 8.41. The van der Waals surface area contributed by atoms with E-state index < -0.39 is 0 Å². The van der Waals surface area contributed by atoms with Crippen molar-refractivity contribution in [1.82, 2.24) is 0 Å². The summed E-state index contributed by atoms with van der Waals surface area (Å²) in [6.45, 7) is 6.26. The molecule has 98 valence electrons. The number of esters is 1. The lowest BCUT2D eigenvalue weighted by Crippen LogP contribution is -2.31. The number of benzene rings is 1. The Hall–Kier alpha value is -1.51. The van der Waals surface area contributed by atoms with Crippen LogP contribution in [-0.4, -0.2) is 20.2 Å². The molecule has 2 rings (SSSR count). The highest BCUT2D eigenvalue weighted by molar-refractivity contribution is 5.77. The van der Waals surface area contributed by atoms with Crippen molar-refractivity contribution in [3.63, 3.8) is 0 Å². The normalized spacial score (nSPS) is 20.4.